The third-order valence-electron chi connectivity index (χ3n) is 6.76. The molecule has 1 aliphatic heterocycles. The standard InChI is InChI=1S/C28H34N6O4/c1-3-5-9-21(32-28(38)30-13-4-2)25-31-22-16-20(26(35)33-15-7-10-24(33)27(36)37)11-12-23(22)34(25)18-19-8-6-14-29-17-19/h4,6,8,11-12,14,16-17,21,24H,2-3,5,7,9-10,13,15,18H2,1H3,(H,36,37)(H2,30,32,38). The molecule has 0 aliphatic carbocycles. The summed E-state index contributed by atoms with van der Waals surface area (Å²) < 4.78 is 2.05. The Morgan fingerprint density at radius 2 is 2.13 bits per heavy atom. The van der Waals surface area contributed by atoms with Gasteiger partial charge in [0.05, 0.1) is 23.6 Å². The number of carboxylic acid groups (broad SMARTS) is 1. The SMILES string of the molecule is C=CCNC(=O)NC(CCCC)c1nc2cc(C(=O)N3CCCC3C(=O)O)ccc2n1Cc1cccnc1. The minimum absolute atomic E-state index is 0.310. The van der Waals surface area contributed by atoms with Gasteiger partial charge in [0.25, 0.3) is 5.91 Å². The number of aromatic nitrogens is 3. The molecule has 3 amide bonds. The Kier molecular flexibility index (Phi) is 8.73. The van der Waals surface area contributed by atoms with Crippen LogP contribution in [0.3, 0.4) is 0 Å². The smallest absolute Gasteiger partial charge is 0.326 e. The molecule has 2 atom stereocenters. The number of imidazole rings is 1. The van der Waals surface area contributed by atoms with Crippen molar-refractivity contribution in [3.63, 3.8) is 0 Å². The van der Waals surface area contributed by atoms with E-state index in [1.807, 2.05) is 22.8 Å². The molecule has 1 aliphatic rings. The number of carbonyl (C=O) groups excluding carboxylic acids is 2. The number of nitrogens with one attached hydrogen (secondary N) is 2. The lowest BCUT2D eigenvalue weighted by atomic mass is 10.1. The minimum atomic E-state index is -0.987. The fourth-order valence-electron chi connectivity index (χ4n) is 4.87. The van der Waals surface area contributed by atoms with E-state index < -0.39 is 12.0 Å². The number of nitrogens with zero attached hydrogens (tertiary/aromatic N) is 4. The van der Waals surface area contributed by atoms with E-state index in [-0.39, 0.29) is 18.0 Å². The molecule has 1 saturated heterocycles. The molecule has 2 unspecified atom stereocenters. The zero-order valence-corrected chi connectivity index (χ0v) is 21.6. The van der Waals surface area contributed by atoms with Crippen LogP contribution >= 0.6 is 0 Å². The molecule has 1 fully saturated rings. The maximum absolute atomic E-state index is 13.3. The summed E-state index contributed by atoms with van der Waals surface area (Å²) in [4.78, 5) is 48.1. The highest BCUT2D eigenvalue weighted by Gasteiger charge is 2.34. The second-order valence-electron chi connectivity index (χ2n) is 9.45. The first kappa shape index (κ1) is 26.8. The zero-order valence-electron chi connectivity index (χ0n) is 21.6. The Morgan fingerprint density at radius 3 is 2.84 bits per heavy atom. The van der Waals surface area contributed by atoms with Crippen LogP contribution in [0.25, 0.3) is 11.0 Å². The van der Waals surface area contributed by atoms with Crippen molar-refractivity contribution in [2.24, 2.45) is 0 Å². The topological polar surface area (TPSA) is 129 Å². The molecule has 38 heavy (non-hydrogen) atoms. The third-order valence-corrected chi connectivity index (χ3v) is 6.76. The first-order valence-electron chi connectivity index (χ1n) is 13.0. The van der Waals surface area contributed by atoms with Gasteiger partial charge in [0, 0.05) is 31.0 Å². The fraction of sp³-hybridized carbons (Fsp3) is 0.393. The number of aliphatic carboxylic acids is 1. The molecule has 1 aromatic carbocycles. The number of fused-ring (bicyclic) bond motifs is 1. The van der Waals surface area contributed by atoms with Crippen LogP contribution in [0.2, 0.25) is 0 Å². The molecule has 10 nitrogen and oxygen atoms in total. The van der Waals surface area contributed by atoms with Crippen molar-refractivity contribution < 1.29 is 19.5 Å². The number of hydrogen-bond acceptors (Lipinski definition) is 5. The number of carbonyl (C=O) groups is 3. The molecule has 2 aromatic heterocycles. The quantitative estimate of drug-likeness (QED) is 0.330. The summed E-state index contributed by atoms with van der Waals surface area (Å²) in [5.41, 5.74) is 2.78. The number of amides is 3. The predicted octanol–water partition coefficient (Wildman–Crippen LogP) is 3.89. The van der Waals surface area contributed by atoms with Gasteiger partial charge in [-0.15, -0.1) is 6.58 Å². The average Bonchev–Trinajstić information content (AvgIpc) is 3.55. The molecular weight excluding hydrogens is 484 g/mol. The summed E-state index contributed by atoms with van der Waals surface area (Å²) in [6.45, 7) is 6.98. The number of benzene rings is 1. The van der Waals surface area contributed by atoms with Crippen LogP contribution in [0.4, 0.5) is 4.79 Å². The van der Waals surface area contributed by atoms with Crippen molar-refractivity contribution >= 4 is 28.9 Å². The maximum Gasteiger partial charge on any atom is 0.326 e. The Labute approximate surface area is 221 Å². The van der Waals surface area contributed by atoms with Gasteiger partial charge in [0.15, 0.2) is 0 Å². The van der Waals surface area contributed by atoms with Crippen LogP contribution in [-0.4, -0.2) is 61.6 Å². The van der Waals surface area contributed by atoms with Crippen molar-refractivity contribution in [3.05, 3.63) is 72.3 Å². The van der Waals surface area contributed by atoms with Crippen LogP contribution in [0, 0.1) is 0 Å². The van der Waals surface area contributed by atoms with E-state index >= 15 is 0 Å². The molecule has 0 spiro atoms. The van der Waals surface area contributed by atoms with E-state index in [0.29, 0.717) is 55.8 Å². The Balaban J connectivity index is 1.74. The van der Waals surface area contributed by atoms with Gasteiger partial charge in [-0.05, 0) is 49.1 Å². The lowest BCUT2D eigenvalue weighted by molar-refractivity contribution is -0.141. The van der Waals surface area contributed by atoms with Gasteiger partial charge in [-0.2, -0.15) is 0 Å². The van der Waals surface area contributed by atoms with Crippen LogP contribution in [0.5, 0.6) is 0 Å². The number of rotatable bonds is 11. The molecule has 3 N–H and O–H groups in total. The van der Waals surface area contributed by atoms with Gasteiger partial charge in [-0.3, -0.25) is 9.78 Å². The van der Waals surface area contributed by atoms with E-state index in [1.165, 1.54) is 4.90 Å². The highest BCUT2D eigenvalue weighted by molar-refractivity contribution is 5.99. The molecule has 200 valence electrons. The number of pyridine rings is 1. The van der Waals surface area contributed by atoms with Gasteiger partial charge in [-0.25, -0.2) is 14.6 Å². The van der Waals surface area contributed by atoms with Crippen molar-refractivity contribution in [1.29, 1.82) is 0 Å². The summed E-state index contributed by atoms with van der Waals surface area (Å²) in [6.07, 6.45) is 8.76. The lowest BCUT2D eigenvalue weighted by Crippen LogP contribution is -2.40. The highest BCUT2D eigenvalue weighted by Crippen LogP contribution is 2.28. The number of hydrogen-bond donors (Lipinski definition) is 3. The molecule has 0 saturated carbocycles. The van der Waals surface area contributed by atoms with Gasteiger partial charge >= 0.3 is 12.0 Å². The molecule has 10 heteroatoms. The van der Waals surface area contributed by atoms with Crippen LogP contribution in [0.1, 0.15) is 66.8 Å². The van der Waals surface area contributed by atoms with E-state index in [4.69, 9.17) is 4.98 Å². The van der Waals surface area contributed by atoms with Crippen molar-refractivity contribution in [2.45, 2.75) is 57.7 Å². The molecule has 0 bridgehead atoms. The molecule has 0 radical (unpaired) electrons. The van der Waals surface area contributed by atoms with Crippen molar-refractivity contribution in [1.82, 2.24) is 30.1 Å². The fourth-order valence-corrected chi connectivity index (χ4v) is 4.87. The van der Waals surface area contributed by atoms with Crippen LogP contribution < -0.4 is 10.6 Å². The molecule has 3 aromatic rings. The Bertz CT molecular complexity index is 1310. The van der Waals surface area contributed by atoms with E-state index in [9.17, 15) is 19.5 Å². The Morgan fingerprint density at radius 1 is 1.29 bits per heavy atom. The van der Waals surface area contributed by atoms with Gasteiger partial charge in [0.1, 0.15) is 11.9 Å². The monoisotopic (exact) mass is 518 g/mol. The zero-order chi connectivity index (χ0) is 27.1. The Hall–Kier alpha value is -4.21. The third kappa shape index (κ3) is 6.01. The minimum Gasteiger partial charge on any atom is -0.480 e. The largest absolute Gasteiger partial charge is 0.480 e. The number of likely N-dealkylation sites (tertiary alicyclic amines) is 1. The second-order valence-corrected chi connectivity index (χ2v) is 9.45. The summed E-state index contributed by atoms with van der Waals surface area (Å²) in [6, 6.07) is 7.64. The summed E-state index contributed by atoms with van der Waals surface area (Å²) in [7, 11) is 0. The molecular formula is C28H34N6O4. The number of urea groups is 1. The van der Waals surface area contributed by atoms with Crippen LogP contribution in [0.15, 0.2) is 55.4 Å². The van der Waals surface area contributed by atoms with E-state index in [1.54, 1.807) is 30.6 Å². The van der Waals surface area contributed by atoms with Crippen molar-refractivity contribution in [2.75, 3.05) is 13.1 Å². The van der Waals surface area contributed by atoms with E-state index in [0.717, 1.165) is 23.9 Å². The predicted molar refractivity (Wildman–Crippen MR) is 144 cm³/mol. The molecule has 3 heterocycles. The van der Waals surface area contributed by atoms with E-state index in [2.05, 4.69) is 29.1 Å². The average molecular weight is 519 g/mol. The van der Waals surface area contributed by atoms with Gasteiger partial charge in [-0.1, -0.05) is 31.9 Å². The molecule has 4 rings (SSSR count). The highest BCUT2D eigenvalue weighted by atomic mass is 16.4. The number of carboxylic acids is 1. The summed E-state index contributed by atoms with van der Waals surface area (Å²) in [5, 5.41) is 15.3. The first-order valence-corrected chi connectivity index (χ1v) is 13.0. The first-order chi connectivity index (χ1) is 18.4. The summed E-state index contributed by atoms with van der Waals surface area (Å²) >= 11 is 0. The maximum atomic E-state index is 13.3. The van der Waals surface area contributed by atoms with Crippen LogP contribution in [-0.2, 0) is 11.3 Å². The normalized spacial score (nSPS) is 15.8. The summed E-state index contributed by atoms with van der Waals surface area (Å²) in [5.74, 6) is -0.621. The second kappa shape index (κ2) is 12.4. The van der Waals surface area contributed by atoms with Crippen molar-refractivity contribution in [3.8, 4) is 0 Å². The number of unbranched alkanes of at least 4 members (excludes halogenated alkanes) is 1. The van der Waals surface area contributed by atoms with Gasteiger partial charge < -0.3 is 25.2 Å². The van der Waals surface area contributed by atoms with Gasteiger partial charge in [0.2, 0.25) is 0 Å². The lowest BCUT2D eigenvalue weighted by Gasteiger charge is -2.21.